The number of benzene rings is 1. The summed E-state index contributed by atoms with van der Waals surface area (Å²) in [5, 5.41) is 2.47. The second kappa shape index (κ2) is 7.07. The van der Waals surface area contributed by atoms with Gasteiger partial charge in [-0.1, -0.05) is 0 Å². The summed E-state index contributed by atoms with van der Waals surface area (Å²) in [6.07, 6.45) is -2.18. The smallest absolute Gasteiger partial charge is 0.472 e. The highest BCUT2D eigenvalue weighted by atomic mass is 19.4. The van der Waals surface area contributed by atoms with E-state index in [9.17, 15) is 22.8 Å². The standard InChI is InChI=1S/C15H13F3N2O4/c1-20(14(22)10-6-7-23-9-10)8-13(21)19-11-2-4-12(5-3-11)24-15(16,17)18/h2-7,9H,8H2,1H3,(H,19,21). The number of ether oxygens (including phenoxy) is 1. The van der Waals surface area contributed by atoms with Crippen molar-refractivity contribution in [2.75, 3.05) is 18.9 Å². The van der Waals surface area contributed by atoms with Crippen LogP contribution in [0.5, 0.6) is 5.75 Å². The lowest BCUT2D eigenvalue weighted by Crippen LogP contribution is -2.34. The number of hydrogen-bond donors (Lipinski definition) is 1. The van der Waals surface area contributed by atoms with Crippen LogP contribution in [0.4, 0.5) is 18.9 Å². The van der Waals surface area contributed by atoms with Crippen LogP contribution in [0.3, 0.4) is 0 Å². The molecular formula is C15H13F3N2O4. The molecule has 0 fully saturated rings. The molecule has 0 aliphatic rings. The Balaban J connectivity index is 1.89. The number of rotatable bonds is 5. The SMILES string of the molecule is CN(CC(=O)Nc1ccc(OC(F)(F)F)cc1)C(=O)c1ccoc1. The molecule has 6 nitrogen and oxygen atoms in total. The topological polar surface area (TPSA) is 71.8 Å². The lowest BCUT2D eigenvalue weighted by Gasteiger charge is -2.16. The van der Waals surface area contributed by atoms with Gasteiger partial charge >= 0.3 is 6.36 Å². The van der Waals surface area contributed by atoms with Gasteiger partial charge in [0.2, 0.25) is 5.91 Å². The number of amides is 2. The number of carbonyl (C=O) groups is 2. The van der Waals surface area contributed by atoms with Crippen LogP contribution in [0.2, 0.25) is 0 Å². The van der Waals surface area contributed by atoms with Crippen LogP contribution < -0.4 is 10.1 Å². The van der Waals surface area contributed by atoms with Crippen molar-refractivity contribution in [2.24, 2.45) is 0 Å². The molecule has 0 radical (unpaired) electrons. The van der Waals surface area contributed by atoms with E-state index in [2.05, 4.69) is 10.1 Å². The number of alkyl halides is 3. The Kier molecular flexibility index (Phi) is 5.12. The summed E-state index contributed by atoms with van der Waals surface area (Å²) in [5.41, 5.74) is 0.581. The predicted octanol–water partition coefficient (Wildman–Crippen LogP) is 2.89. The van der Waals surface area contributed by atoms with Gasteiger partial charge in [-0.2, -0.15) is 0 Å². The van der Waals surface area contributed by atoms with Crippen LogP contribution in [0.25, 0.3) is 0 Å². The first-order chi connectivity index (χ1) is 11.2. The molecule has 0 saturated carbocycles. The molecule has 0 bridgehead atoms. The summed E-state index contributed by atoms with van der Waals surface area (Å²) >= 11 is 0. The third-order valence-corrected chi connectivity index (χ3v) is 2.87. The van der Waals surface area contributed by atoms with Gasteiger partial charge in [0.1, 0.15) is 12.0 Å². The highest BCUT2D eigenvalue weighted by Gasteiger charge is 2.30. The highest BCUT2D eigenvalue weighted by molar-refractivity contribution is 5.99. The van der Waals surface area contributed by atoms with Gasteiger partial charge in [-0.05, 0) is 30.3 Å². The average Bonchev–Trinajstić information content (AvgIpc) is 3.01. The first-order valence-electron chi connectivity index (χ1n) is 6.68. The number of halogens is 3. The van der Waals surface area contributed by atoms with Crippen molar-refractivity contribution < 1.29 is 31.9 Å². The summed E-state index contributed by atoms with van der Waals surface area (Å²) in [6, 6.07) is 6.14. The third kappa shape index (κ3) is 5.04. The Bertz CT molecular complexity index is 697. The van der Waals surface area contributed by atoms with Crippen molar-refractivity contribution in [3.8, 4) is 5.75 Å². The second-order valence-corrected chi connectivity index (χ2v) is 4.79. The number of anilines is 1. The van der Waals surface area contributed by atoms with Crippen LogP contribution in [0.15, 0.2) is 47.3 Å². The van der Waals surface area contributed by atoms with Crippen molar-refractivity contribution in [1.82, 2.24) is 4.90 Å². The van der Waals surface area contributed by atoms with Gasteiger partial charge in [-0.15, -0.1) is 13.2 Å². The molecule has 0 unspecified atom stereocenters. The van der Waals surface area contributed by atoms with Crippen LogP contribution in [-0.4, -0.2) is 36.7 Å². The highest BCUT2D eigenvalue weighted by Crippen LogP contribution is 2.23. The Morgan fingerprint density at radius 3 is 2.42 bits per heavy atom. The molecule has 2 aromatic rings. The summed E-state index contributed by atoms with van der Waals surface area (Å²) < 4.78 is 44.7. The summed E-state index contributed by atoms with van der Waals surface area (Å²) in [6.45, 7) is -0.231. The average molecular weight is 342 g/mol. The molecular weight excluding hydrogens is 329 g/mol. The van der Waals surface area contributed by atoms with Crippen molar-refractivity contribution in [1.29, 1.82) is 0 Å². The van der Waals surface area contributed by atoms with E-state index in [0.717, 1.165) is 12.1 Å². The first kappa shape index (κ1) is 17.4. The molecule has 1 N–H and O–H groups in total. The quantitative estimate of drug-likeness (QED) is 0.907. The Morgan fingerprint density at radius 1 is 1.21 bits per heavy atom. The Hall–Kier alpha value is -2.97. The molecule has 0 spiro atoms. The van der Waals surface area contributed by atoms with E-state index in [1.54, 1.807) is 0 Å². The molecule has 1 heterocycles. The Morgan fingerprint density at radius 2 is 1.88 bits per heavy atom. The molecule has 0 saturated heterocycles. The minimum atomic E-state index is -4.78. The summed E-state index contributed by atoms with van der Waals surface area (Å²) in [4.78, 5) is 25.0. The van der Waals surface area contributed by atoms with Gasteiger partial charge in [0.25, 0.3) is 5.91 Å². The van der Waals surface area contributed by atoms with Crippen molar-refractivity contribution in [2.45, 2.75) is 6.36 Å². The van der Waals surface area contributed by atoms with E-state index in [0.29, 0.717) is 5.56 Å². The van der Waals surface area contributed by atoms with Gasteiger partial charge < -0.3 is 19.4 Å². The lowest BCUT2D eigenvalue weighted by molar-refractivity contribution is -0.274. The van der Waals surface area contributed by atoms with Gasteiger partial charge in [0, 0.05) is 12.7 Å². The molecule has 0 aliphatic heterocycles. The van der Waals surface area contributed by atoms with Gasteiger partial charge in [-0.3, -0.25) is 9.59 Å². The molecule has 1 aromatic carbocycles. The number of nitrogens with one attached hydrogen (secondary N) is 1. The molecule has 24 heavy (non-hydrogen) atoms. The molecule has 128 valence electrons. The molecule has 0 atom stereocenters. The maximum atomic E-state index is 12.1. The van der Waals surface area contributed by atoms with Crippen molar-refractivity contribution in [3.05, 3.63) is 48.4 Å². The van der Waals surface area contributed by atoms with Gasteiger partial charge in [-0.25, -0.2) is 0 Å². The van der Waals surface area contributed by atoms with Crippen molar-refractivity contribution >= 4 is 17.5 Å². The fraction of sp³-hybridized carbons (Fsp3) is 0.200. The maximum Gasteiger partial charge on any atom is 0.573 e. The number of carbonyl (C=O) groups excluding carboxylic acids is 2. The van der Waals surface area contributed by atoms with Crippen LogP contribution in [-0.2, 0) is 4.79 Å². The number of hydrogen-bond acceptors (Lipinski definition) is 4. The van der Waals surface area contributed by atoms with E-state index in [4.69, 9.17) is 4.42 Å². The largest absolute Gasteiger partial charge is 0.573 e. The molecule has 9 heteroatoms. The fourth-order valence-electron chi connectivity index (χ4n) is 1.83. The zero-order chi connectivity index (χ0) is 17.7. The molecule has 2 amide bonds. The zero-order valence-electron chi connectivity index (χ0n) is 12.5. The van der Waals surface area contributed by atoms with E-state index in [1.165, 1.54) is 42.7 Å². The summed E-state index contributed by atoms with van der Waals surface area (Å²) in [5.74, 6) is -1.29. The number of furan rings is 1. The number of nitrogens with zero attached hydrogens (tertiary/aromatic N) is 1. The van der Waals surface area contributed by atoms with Gasteiger partial charge in [0.15, 0.2) is 0 Å². The van der Waals surface area contributed by atoms with Gasteiger partial charge in [0.05, 0.1) is 18.4 Å². The zero-order valence-corrected chi connectivity index (χ0v) is 12.5. The van der Waals surface area contributed by atoms with E-state index in [-0.39, 0.29) is 12.2 Å². The molecule has 0 aliphatic carbocycles. The summed E-state index contributed by atoms with van der Waals surface area (Å²) in [7, 11) is 1.44. The predicted molar refractivity (Wildman–Crippen MR) is 77.4 cm³/mol. The number of likely N-dealkylation sites (N-methyl/N-ethyl adjacent to an activating group) is 1. The second-order valence-electron chi connectivity index (χ2n) is 4.79. The normalized spacial score (nSPS) is 11.0. The van der Waals surface area contributed by atoms with Crippen LogP contribution >= 0.6 is 0 Å². The van der Waals surface area contributed by atoms with Crippen LogP contribution in [0.1, 0.15) is 10.4 Å². The first-order valence-corrected chi connectivity index (χ1v) is 6.68. The fourth-order valence-corrected chi connectivity index (χ4v) is 1.83. The van der Waals surface area contributed by atoms with E-state index >= 15 is 0 Å². The van der Waals surface area contributed by atoms with Crippen LogP contribution in [0, 0.1) is 0 Å². The molecule has 1 aromatic heterocycles. The third-order valence-electron chi connectivity index (χ3n) is 2.87. The minimum Gasteiger partial charge on any atom is -0.472 e. The maximum absolute atomic E-state index is 12.1. The minimum absolute atomic E-state index is 0.231. The van der Waals surface area contributed by atoms with Crippen molar-refractivity contribution in [3.63, 3.8) is 0 Å². The van der Waals surface area contributed by atoms with E-state index in [1.807, 2.05) is 0 Å². The van der Waals surface area contributed by atoms with E-state index < -0.39 is 23.9 Å². The Labute approximate surface area is 134 Å². The monoisotopic (exact) mass is 342 g/mol. The molecule has 2 rings (SSSR count). The lowest BCUT2D eigenvalue weighted by atomic mass is 10.3.